The monoisotopic (exact) mass is 431 g/mol. The lowest BCUT2D eigenvalue weighted by Crippen LogP contribution is -2.25. The van der Waals surface area contributed by atoms with Gasteiger partial charge in [0.15, 0.2) is 0 Å². The molecule has 0 amide bonds. The molecule has 0 saturated heterocycles. The summed E-state index contributed by atoms with van der Waals surface area (Å²) in [7, 11) is 0. The fourth-order valence-electron chi connectivity index (χ4n) is 5.09. The highest BCUT2D eigenvalue weighted by atomic mass is 16.4. The van der Waals surface area contributed by atoms with E-state index in [1.54, 1.807) is 12.1 Å². The largest absolute Gasteiger partial charge is 0.478 e. The molecular formula is C29H37NO2. The number of carboxylic acids is 1. The maximum absolute atomic E-state index is 11.0. The maximum atomic E-state index is 11.0. The Balaban J connectivity index is 1.49. The summed E-state index contributed by atoms with van der Waals surface area (Å²) in [4.78, 5) is 11.0. The SMILES string of the molecule is CCCCCCCCCC1(C#N)CCC(c2ccc(-c3ccc(C(=O)O)cc3)cc2)CC1. The minimum atomic E-state index is -0.899. The van der Waals surface area contributed by atoms with Gasteiger partial charge < -0.3 is 5.11 Å². The average Bonchev–Trinajstić information content (AvgIpc) is 2.84. The second-order valence-electron chi connectivity index (χ2n) is 9.54. The van der Waals surface area contributed by atoms with Gasteiger partial charge in [-0.15, -0.1) is 0 Å². The van der Waals surface area contributed by atoms with Gasteiger partial charge in [-0.3, -0.25) is 0 Å². The highest BCUT2D eigenvalue weighted by Crippen LogP contribution is 2.45. The molecule has 1 aliphatic carbocycles. The van der Waals surface area contributed by atoms with Crippen molar-refractivity contribution in [3.63, 3.8) is 0 Å². The number of hydrogen-bond donors (Lipinski definition) is 1. The van der Waals surface area contributed by atoms with E-state index in [9.17, 15) is 10.1 Å². The molecule has 32 heavy (non-hydrogen) atoms. The van der Waals surface area contributed by atoms with Crippen LogP contribution in [0.4, 0.5) is 0 Å². The van der Waals surface area contributed by atoms with Gasteiger partial charge in [-0.25, -0.2) is 4.79 Å². The Bertz CT molecular complexity index is 884. The van der Waals surface area contributed by atoms with Gasteiger partial charge in [-0.1, -0.05) is 88.3 Å². The number of benzene rings is 2. The van der Waals surface area contributed by atoms with Crippen LogP contribution < -0.4 is 0 Å². The molecule has 0 unspecified atom stereocenters. The van der Waals surface area contributed by atoms with E-state index in [0.717, 1.165) is 43.2 Å². The molecule has 2 aromatic carbocycles. The Labute approximate surface area is 193 Å². The van der Waals surface area contributed by atoms with Gasteiger partial charge in [-0.2, -0.15) is 5.26 Å². The molecule has 3 nitrogen and oxygen atoms in total. The molecule has 1 N–H and O–H groups in total. The fraction of sp³-hybridized carbons (Fsp3) is 0.517. The minimum Gasteiger partial charge on any atom is -0.478 e. The number of rotatable bonds is 11. The van der Waals surface area contributed by atoms with Gasteiger partial charge >= 0.3 is 5.97 Å². The topological polar surface area (TPSA) is 61.1 Å². The van der Waals surface area contributed by atoms with E-state index < -0.39 is 5.97 Å². The van der Waals surface area contributed by atoms with Crippen LogP contribution in [0, 0.1) is 16.7 Å². The highest BCUT2D eigenvalue weighted by molar-refractivity contribution is 5.88. The summed E-state index contributed by atoms with van der Waals surface area (Å²) < 4.78 is 0. The van der Waals surface area contributed by atoms with Crippen LogP contribution in [0.5, 0.6) is 0 Å². The molecule has 1 fully saturated rings. The van der Waals surface area contributed by atoms with E-state index in [2.05, 4.69) is 37.3 Å². The third-order valence-electron chi connectivity index (χ3n) is 7.29. The van der Waals surface area contributed by atoms with E-state index in [1.165, 1.54) is 50.5 Å². The third kappa shape index (κ3) is 6.45. The standard InChI is InChI=1S/C29H37NO2/c1-2-3-4-5-6-7-8-19-29(22-30)20-17-26(18-21-29)25-11-9-23(10-12-25)24-13-15-27(16-14-24)28(31)32/h9-16,26H,2-8,17-21H2,1H3,(H,31,32). The number of unbranched alkanes of at least 4 members (excludes halogenated alkanes) is 6. The summed E-state index contributed by atoms with van der Waals surface area (Å²) in [5, 5.41) is 19.0. The van der Waals surface area contributed by atoms with Crippen molar-refractivity contribution in [3.8, 4) is 17.2 Å². The summed E-state index contributed by atoms with van der Waals surface area (Å²) in [6.45, 7) is 2.25. The Morgan fingerprint density at radius 1 is 0.906 bits per heavy atom. The number of hydrogen-bond acceptors (Lipinski definition) is 2. The molecule has 3 heteroatoms. The lowest BCUT2D eigenvalue weighted by Gasteiger charge is -2.35. The summed E-state index contributed by atoms with van der Waals surface area (Å²) in [6, 6.07) is 18.4. The molecule has 0 aromatic heterocycles. The van der Waals surface area contributed by atoms with E-state index in [-0.39, 0.29) is 5.41 Å². The molecule has 1 aliphatic rings. The molecule has 3 rings (SSSR count). The lowest BCUT2D eigenvalue weighted by molar-refractivity contribution is 0.0697. The molecule has 2 aromatic rings. The van der Waals surface area contributed by atoms with Crippen LogP contribution in [0.3, 0.4) is 0 Å². The van der Waals surface area contributed by atoms with Crippen molar-refractivity contribution < 1.29 is 9.90 Å². The zero-order valence-corrected chi connectivity index (χ0v) is 19.5. The second-order valence-corrected chi connectivity index (χ2v) is 9.54. The molecular weight excluding hydrogens is 394 g/mol. The molecule has 0 bridgehead atoms. The third-order valence-corrected chi connectivity index (χ3v) is 7.29. The van der Waals surface area contributed by atoms with Crippen molar-refractivity contribution in [2.24, 2.45) is 5.41 Å². The Morgan fingerprint density at radius 2 is 1.44 bits per heavy atom. The first-order valence-electron chi connectivity index (χ1n) is 12.4. The van der Waals surface area contributed by atoms with Gasteiger partial charge in [0, 0.05) is 0 Å². The highest BCUT2D eigenvalue weighted by Gasteiger charge is 2.35. The summed E-state index contributed by atoms with van der Waals surface area (Å²) in [5.74, 6) is -0.362. The predicted molar refractivity (Wildman–Crippen MR) is 131 cm³/mol. The molecule has 0 heterocycles. The van der Waals surface area contributed by atoms with Crippen molar-refractivity contribution in [1.82, 2.24) is 0 Å². The number of carboxylic acid groups (broad SMARTS) is 1. The van der Waals surface area contributed by atoms with Crippen molar-refractivity contribution in [2.45, 2.75) is 89.9 Å². The second kappa shape index (κ2) is 11.9. The lowest BCUT2D eigenvalue weighted by atomic mass is 9.67. The van der Waals surface area contributed by atoms with Gasteiger partial charge in [0.2, 0.25) is 0 Å². The number of aromatic carboxylic acids is 1. The summed E-state index contributed by atoms with van der Waals surface area (Å²) in [6.07, 6.45) is 14.4. The van der Waals surface area contributed by atoms with Gasteiger partial charge in [0.05, 0.1) is 17.0 Å². The van der Waals surface area contributed by atoms with Gasteiger partial charge in [0.1, 0.15) is 0 Å². The van der Waals surface area contributed by atoms with E-state index in [1.807, 2.05) is 12.1 Å². The number of nitrogens with zero attached hydrogens (tertiary/aromatic N) is 1. The molecule has 170 valence electrons. The van der Waals surface area contributed by atoms with Crippen molar-refractivity contribution >= 4 is 5.97 Å². The first-order valence-corrected chi connectivity index (χ1v) is 12.4. The molecule has 0 radical (unpaired) electrons. The first-order chi connectivity index (χ1) is 15.6. The van der Waals surface area contributed by atoms with E-state index in [4.69, 9.17) is 5.11 Å². The fourth-order valence-corrected chi connectivity index (χ4v) is 5.09. The van der Waals surface area contributed by atoms with Crippen molar-refractivity contribution in [3.05, 3.63) is 59.7 Å². The van der Waals surface area contributed by atoms with Crippen LogP contribution in [0.25, 0.3) is 11.1 Å². The Hall–Kier alpha value is -2.60. The first kappa shape index (κ1) is 24.1. The van der Waals surface area contributed by atoms with Crippen molar-refractivity contribution in [2.75, 3.05) is 0 Å². The van der Waals surface area contributed by atoms with E-state index in [0.29, 0.717) is 11.5 Å². The van der Waals surface area contributed by atoms with Crippen molar-refractivity contribution in [1.29, 1.82) is 5.26 Å². The van der Waals surface area contributed by atoms with Crippen LogP contribution >= 0.6 is 0 Å². The zero-order valence-electron chi connectivity index (χ0n) is 19.5. The van der Waals surface area contributed by atoms with Crippen LogP contribution in [-0.2, 0) is 0 Å². The van der Waals surface area contributed by atoms with Crippen LogP contribution in [0.1, 0.15) is 106 Å². The molecule has 1 saturated carbocycles. The van der Waals surface area contributed by atoms with E-state index >= 15 is 0 Å². The molecule has 0 spiro atoms. The summed E-state index contributed by atoms with van der Waals surface area (Å²) >= 11 is 0. The Morgan fingerprint density at radius 3 is 1.97 bits per heavy atom. The quantitative estimate of drug-likeness (QED) is 0.363. The minimum absolute atomic E-state index is 0.105. The summed E-state index contributed by atoms with van der Waals surface area (Å²) in [5.41, 5.74) is 3.70. The predicted octanol–water partition coefficient (Wildman–Crippen LogP) is 8.36. The van der Waals surface area contributed by atoms with Crippen LogP contribution in [0.2, 0.25) is 0 Å². The Kier molecular flexibility index (Phi) is 8.91. The smallest absolute Gasteiger partial charge is 0.335 e. The molecule has 0 aliphatic heterocycles. The zero-order chi connectivity index (χ0) is 22.8. The van der Waals surface area contributed by atoms with Gasteiger partial charge in [0.25, 0.3) is 0 Å². The van der Waals surface area contributed by atoms with Crippen LogP contribution in [0.15, 0.2) is 48.5 Å². The number of carbonyl (C=O) groups is 1. The maximum Gasteiger partial charge on any atom is 0.335 e. The van der Waals surface area contributed by atoms with Crippen LogP contribution in [-0.4, -0.2) is 11.1 Å². The van der Waals surface area contributed by atoms with Gasteiger partial charge in [-0.05, 0) is 66.8 Å². The average molecular weight is 432 g/mol. The molecule has 0 atom stereocenters. The normalized spacial score (nSPS) is 20.6. The number of nitriles is 1.